The van der Waals surface area contributed by atoms with Crippen molar-refractivity contribution < 1.29 is 19.5 Å². The van der Waals surface area contributed by atoms with Gasteiger partial charge in [0.1, 0.15) is 0 Å². The predicted molar refractivity (Wildman–Crippen MR) is 57.4 cm³/mol. The summed E-state index contributed by atoms with van der Waals surface area (Å²) in [6.07, 6.45) is 0.145. The smallest absolute Gasteiger partial charge is 0.303 e. The Morgan fingerprint density at radius 1 is 1.25 bits per heavy atom. The molecular weight excluding hydrogens is 212 g/mol. The lowest BCUT2D eigenvalue weighted by atomic mass is 10.0. The van der Waals surface area contributed by atoms with Crippen LogP contribution in [0.25, 0.3) is 0 Å². The third-order valence-corrected chi connectivity index (χ3v) is 2.08. The molecule has 0 rings (SSSR count). The first-order valence-electron chi connectivity index (χ1n) is 5.15. The second-order valence-corrected chi connectivity index (χ2v) is 3.93. The van der Waals surface area contributed by atoms with E-state index in [4.69, 9.17) is 10.8 Å². The molecule has 0 bridgehead atoms. The lowest BCUT2D eigenvalue weighted by Crippen LogP contribution is -2.46. The van der Waals surface area contributed by atoms with Gasteiger partial charge in [-0.2, -0.15) is 0 Å². The molecule has 0 aromatic heterocycles. The van der Waals surface area contributed by atoms with E-state index in [1.165, 1.54) is 0 Å². The SMILES string of the molecule is CC(C)[C@H](N)C(=O)NC(=O)CCCC(=O)O. The molecule has 92 valence electrons. The van der Waals surface area contributed by atoms with Gasteiger partial charge in [-0.3, -0.25) is 19.7 Å². The van der Waals surface area contributed by atoms with Crippen LogP contribution in [0.2, 0.25) is 0 Å². The quantitative estimate of drug-likeness (QED) is 0.588. The molecule has 0 aliphatic rings. The lowest BCUT2D eigenvalue weighted by molar-refractivity contribution is -0.137. The van der Waals surface area contributed by atoms with E-state index in [0.717, 1.165) is 0 Å². The van der Waals surface area contributed by atoms with Crippen LogP contribution < -0.4 is 11.1 Å². The molecule has 0 aromatic carbocycles. The number of amides is 2. The van der Waals surface area contributed by atoms with Crippen molar-refractivity contribution in [2.45, 2.75) is 39.2 Å². The fourth-order valence-corrected chi connectivity index (χ4v) is 0.986. The molecule has 1 atom stereocenters. The zero-order valence-electron chi connectivity index (χ0n) is 9.53. The molecule has 0 spiro atoms. The predicted octanol–water partition coefficient (Wildman–Crippen LogP) is -0.133. The molecule has 0 aliphatic heterocycles. The maximum absolute atomic E-state index is 11.3. The van der Waals surface area contributed by atoms with E-state index in [2.05, 4.69) is 5.32 Å². The van der Waals surface area contributed by atoms with E-state index >= 15 is 0 Å². The minimum atomic E-state index is -0.960. The monoisotopic (exact) mass is 230 g/mol. The van der Waals surface area contributed by atoms with Crippen LogP contribution in [0.1, 0.15) is 33.1 Å². The number of rotatable bonds is 6. The number of hydrogen-bond acceptors (Lipinski definition) is 4. The Kier molecular flexibility index (Phi) is 6.32. The second kappa shape index (κ2) is 6.95. The van der Waals surface area contributed by atoms with E-state index in [1.807, 2.05) is 0 Å². The molecule has 2 amide bonds. The minimum Gasteiger partial charge on any atom is -0.481 e. The minimum absolute atomic E-state index is 0.0167. The van der Waals surface area contributed by atoms with Crippen LogP contribution in [0.15, 0.2) is 0 Å². The molecule has 0 aliphatic carbocycles. The van der Waals surface area contributed by atoms with E-state index in [9.17, 15) is 14.4 Å². The van der Waals surface area contributed by atoms with Crippen LogP contribution in [0.3, 0.4) is 0 Å². The summed E-state index contributed by atoms with van der Waals surface area (Å²) in [5, 5.41) is 10.5. The number of aliphatic carboxylic acids is 1. The number of carbonyl (C=O) groups is 3. The lowest BCUT2D eigenvalue weighted by Gasteiger charge is -2.14. The van der Waals surface area contributed by atoms with Gasteiger partial charge in [0, 0.05) is 12.8 Å². The van der Waals surface area contributed by atoms with E-state index in [0.29, 0.717) is 0 Å². The van der Waals surface area contributed by atoms with Crippen molar-refractivity contribution in [3.63, 3.8) is 0 Å². The van der Waals surface area contributed by atoms with Gasteiger partial charge in [0.25, 0.3) is 0 Å². The van der Waals surface area contributed by atoms with Crippen LogP contribution in [0, 0.1) is 5.92 Å². The Morgan fingerprint density at radius 3 is 2.25 bits per heavy atom. The van der Waals surface area contributed by atoms with E-state index in [-0.39, 0.29) is 25.2 Å². The highest BCUT2D eigenvalue weighted by atomic mass is 16.4. The Labute approximate surface area is 94.2 Å². The molecule has 0 unspecified atom stereocenters. The average Bonchev–Trinajstić information content (AvgIpc) is 2.15. The number of nitrogens with one attached hydrogen (secondary N) is 1. The Hall–Kier alpha value is -1.43. The van der Waals surface area contributed by atoms with Crippen molar-refractivity contribution in [1.82, 2.24) is 5.32 Å². The largest absolute Gasteiger partial charge is 0.481 e. The molecule has 16 heavy (non-hydrogen) atoms. The first-order chi connectivity index (χ1) is 7.34. The van der Waals surface area contributed by atoms with Crippen molar-refractivity contribution in [1.29, 1.82) is 0 Å². The highest BCUT2D eigenvalue weighted by Crippen LogP contribution is 1.99. The number of carboxylic acid groups (broad SMARTS) is 1. The van der Waals surface area contributed by atoms with Gasteiger partial charge >= 0.3 is 5.97 Å². The first-order valence-corrected chi connectivity index (χ1v) is 5.15. The summed E-state index contributed by atoms with van der Waals surface area (Å²) < 4.78 is 0. The molecule has 0 radical (unpaired) electrons. The zero-order valence-corrected chi connectivity index (χ0v) is 9.53. The summed E-state index contributed by atoms with van der Waals surface area (Å²) in [7, 11) is 0. The van der Waals surface area contributed by atoms with Crippen LogP contribution in [-0.2, 0) is 14.4 Å². The molecule has 4 N–H and O–H groups in total. The third-order valence-electron chi connectivity index (χ3n) is 2.08. The number of hydrogen-bond donors (Lipinski definition) is 3. The van der Waals surface area contributed by atoms with Crippen molar-refractivity contribution in [3.05, 3.63) is 0 Å². The standard InChI is InChI=1S/C10H18N2O4/c1-6(2)9(11)10(16)12-7(13)4-3-5-8(14)15/h6,9H,3-5,11H2,1-2H3,(H,14,15)(H,12,13,16)/t9-/m0/s1. The van der Waals surface area contributed by atoms with Crippen molar-refractivity contribution in [2.75, 3.05) is 0 Å². The molecular formula is C10H18N2O4. The van der Waals surface area contributed by atoms with Gasteiger partial charge in [-0.25, -0.2) is 0 Å². The van der Waals surface area contributed by atoms with Gasteiger partial charge in [-0.15, -0.1) is 0 Å². The van der Waals surface area contributed by atoms with Crippen molar-refractivity contribution >= 4 is 17.8 Å². The Morgan fingerprint density at radius 2 is 1.81 bits per heavy atom. The van der Waals surface area contributed by atoms with Crippen LogP contribution >= 0.6 is 0 Å². The third kappa shape index (κ3) is 6.13. The van der Waals surface area contributed by atoms with Crippen LogP contribution in [0.5, 0.6) is 0 Å². The zero-order chi connectivity index (χ0) is 12.7. The van der Waals surface area contributed by atoms with Crippen LogP contribution in [-0.4, -0.2) is 28.9 Å². The molecule has 0 saturated heterocycles. The average molecular weight is 230 g/mol. The van der Waals surface area contributed by atoms with Gasteiger partial charge in [0.2, 0.25) is 11.8 Å². The summed E-state index contributed by atoms with van der Waals surface area (Å²) in [6.45, 7) is 3.55. The maximum Gasteiger partial charge on any atom is 0.303 e. The number of carboxylic acids is 1. The highest BCUT2D eigenvalue weighted by Gasteiger charge is 2.19. The normalized spacial score (nSPS) is 12.2. The van der Waals surface area contributed by atoms with E-state index < -0.39 is 23.8 Å². The fourth-order valence-electron chi connectivity index (χ4n) is 0.986. The maximum atomic E-state index is 11.3. The Balaban J connectivity index is 3.87. The second-order valence-electron chi connectivity index (χ2n) is 3.93. The number of carbonyl (C=O) groups excluding carboxylic acids is 2. The highest BCUT2D eigenvalue weighted by molar-refractivity contribution is 5.97. The van der Waals surface area contributed by atoms with Gasteiger partial charge in [0.05, 0.1) is 6.04 Å². The summed E-state index contributed by atoms with van der Waals surface area (Å²) in [6, 6.07) is -0.719. The first kappa shape index (κ1) is 14.6. The van der Waals surface area contributed by atoms with Crippen molar-refractivity contribution in [3.8, 4) is 0 Å². The van der Waals surface area contributed by atoms with Crippen LogP contribution in [0.4, 0.5) is 0 Å². The molecule has 6 heteroatoms. The molecule has 0 heterocycles. The van der Waals surface area contributed by atoms with Gasteiger partial charge in [-0.05, 0) is 12.3 Å². The van der Waals surface area contributed by atoms with Gasteiger partial charge < -0.3 is 10.8 Å². The fraction of sp³-hybridized carbons (Fsp3) is 0.700. The molecule has 6 nitrogen and oxygen atoms in total. The summed E-state index contributed by atoms with van der Waals surface area (Å²) in [4.78, 5) is 32.7. The molecule has 0 fully saturated rings. The summed E-state index contributed by atoms with van der Waals surface area (Å²) in [5.41, 5.74) is 5.53. The molecule has 0 aromatic rings. The van der Waals surface area contributed by atoms with Gasteiger partial charge in [0.15, 0.2) is 0 Å². The van der Waals surface area contributed by atoms with Crippen molar-refractivity contribution in [2.24, 2.45) is 11.7 Å². The topological polar surface area (TPSA) is 109 Å². The summed E-state index contributed by atoms with van der Waals surface area (Å²) in [5.74, 6) is -2.01. The van der Waals surface area contributed by atoms with Gasteiger partial charge in [-0.1, -0.05) is 13.8 Å². The number of nitrogens with two attached hydrogens (primary N) is 1. The van der Waals surface area contributed by atoms with E-state index in [1.54, 1.807) is 13.8 Å². The number of imide groups is 1. The molecule has 0 saturated carbocycles. The Bertz CT molecular complexity index is 276. The summed E-state index contributed by atoms with van der Waals surface area (Å²) >= 11 is 0.